The van der Waals surface area contributed by atoms with Crippen molar-refractivity contribution in [1.82, 2.24) is 5.32 Å². The maximum absolute atomic E-state index is 11.0. The second-order valence-corrected chi connectivity index (χ2v) is 3.69. The molecule has 92 valence electrons. The first-order valence-electron chi connectivity index (χ1n) is 4.58. The monoisotopic (exact) mass is 259 g/mol. The molecule has 4 N–H and O–H groups in total. The van der Waals surface area contributed by atoms with E-state index >= 15 is 0 Å². The first-order chi connectivity index (χ1) is 7.91. The molecule has 0 aliphatic heterocycles. The van der Waals surface area contributed by atoms with Crippen molar-refractivity contribution in [2.45, 2.75) is 6.04 Å². The van der Waals surface area contributed by atoms with Gasteiger partial charge in [0.15, 0.2) is 0 Å². The molecule has 0 amide bonds. The summed E-state index contributed by atoms with van der Waals surface area (Å²) < 4.78 is 0. The molecule has 0 aromatic heterocycles. The zero-order valence-electron chi connectivity index (χ0n) is 8.55. The number of phenols is 1. The number of halogens is 1. The Morgan fingerprint density at radius 2 is 2.00 bits per heavy atom. The lowest BCUT2D eigenvalue weighted by Gasteiger charge is -2.15. The van der Waals surface area contributed by atoms with Crippen LogP contribution in [0.3, 0.4) is 0 Å². The van der Waals surface area contributed by atoms with E-state index in [1.54, 1.807) is 0 Å². The lowest BCUT2D eigenvalue weighted by Crippen LogP contribution is -2.32. The van der Waals surface area contributed by atoms with Gasteiger partial charge in [-0.25, -0.2) is 0 Å². The van der Waals surface area contributed by atoms with E-state index in [9.17, 15) is 14.7 Å². The smallest absolute Gasteiger partial charge is 0.325 e. The van der Waals surface area contributed by atoms with Crippen LogP contribution in [-0.2, 0) is 9.59 Å². The van der Waals surface area contributed by atoms with Crippen molar-refractivity contribution in [3.63, 3.8) is 0 Å². The minimum absolute atomic E-state index is 0.0197. The Kier molecular flexibility index (Phi) is 4.30. The Labute approximate surface area is 101 Å². The van der Waals surface area contributed by atoms with E-state index < -0.39 is 24.5 Å². The number of phenolic OH excluding ortho intramolecular Hbond substituents is 1. The second-order valence-electron chi connectivity index (χ2n) is 3.25. The normalized spacial score (nSPS) is 12.1. The predicted molar refractivity (Wildman–Crippen MR) is 59.1 cm³/mol. The third-order valence-electron chi connectivity index (χ3n) is 2.00. The fraction of sp³-hybridized carbons (Fsp3) is 0.200. The fourth-order valence-electron chi connectivity index (χ4n) is 1.28. The Hall–Kier alpha value is -1.79. The van der Waals surface area contributed by atoms with E-state index in [0.717, 1.165) is 0 Å². The summed E-state index contributed by atoms with van der Waals surface area (Å²) in [5.41, 5.74) is 0.0197. The molecule has 0 bridgehead atoms. The van der Waals surface area contributed by atoms with Crippen LogP contribution in [-0.4, -0.2) is 33.8 Å². The van der Waals surface area contributed by atoms with Gasteiger partial charge < -0.3 is 15.3 Å². The molecule has 1 rings (SSSR count). The average Bonchev–Trinajstić information content (AvgIpc) is 2.22. The molecule has 6 nitrogen and oxygen atoms in total. The number of aromatic hydroxyl groups is 1. The van der Waals surface area contributed by atoms with Gasteiger partial charge in [0.2, 0.25) is 0 Å². The second kappa shape index (κ2) is 5.51. The largest absolute Gasteiger partial charge is 0.508 e. The number of aliphatic carboxylic acids is 2. The number of benzene rings is 1. The molecular weight excluding hydrogens is 250 g/mol. The van der Waals surface area contributed by atoms with Crippen LogP contribution in [0.15, 0.2) is 18.2 Å². The molecule has 0 heterocycles. The first-order valence-corrected chi connectivity index (χ1v) is 4.96. The van der Waals surface area contributed by atoms with Crippen LogP contribution < -0.4 is 5.32 Å². The lowest BCUT2D eigenvalue weighted by atomic mass is 10.1. The number of hydrogen-bond acceptors (Lipinski definition) is 4. The highest BCUT2D eigenvalue weighted by Gasteiger charge is 2.23. The van der Waals surface area contributed by atoms with Crippen LogP contribution in [0.25, 0.3) is 0 Å². The summed E-state index contributed by atoms with van der Waals surface area (Å²) in [6, 6.07) is 2.58. The molecule has 1 aromatic rings. The summed E-state index contributed by atoms with van der Waals surface area (Å²) >= 11 is 5.68. The number of hydrogen-bond donors (Lipinski definition) is 4. The molecule has 0 saturated heterocycles. The molecule has 0 radical (unpaired) electrons. The first kappa shape index (κ1) is 13.3. The maximum atomic E-state index is 11.0. The third kappa shape index (κ3) is 3.61. The molecule has 0 spiro atoms. The fourth-order valence-corrected chi connectivity index (χ4v) is 1.46. The van der Waals surface area contributed by atoms with E-state index in [1.165, 1.54) is 18.2 Å². The molecular formula is C10H10ClNO5. The molecule has 7 heteroatoms. The van der Waals surface area contributed by atoms with Crippen LogP contribution in [0, 0.1) is 0 Å². The Morgan fingerprint density at radius 1 is 1.35 bits per heavy atom. The van der Waals surface area contributed by atoms with Gasteiger partial charge in [0.25, 0.3) is 0 Å². The van der Waals surface area contributed by atoms with Crippen LogP contribution in [0.2, 0.25) is 5.02 Å². The Balaban J connectivity index is 3.00. The zero-order chi connectivity index (χ0) is 13.0. The SMILES string of the molecule is O=C(O)CNC(C(=O)O)c1cc(Cl)ccc1O. The van der Waals surface area contributed by atoms with E-state index in [-0.39, 0.29) is 16.3 Å². The van der Waals surface area contributed by atoms with Gasteiger partial charge in [-0.2, -0.15) is 0 Å². The van der Waals surface area contributed by atoms with Gasteiger partial charge in [0.1, 0.15) is 11.8 Å². The molecule has 1 aromatic carbocycles. The molecule has 0 aliphatic rings. The van der Waals surface area contributed by atoms with Crippen molar-refractivity contribution in [1.29, 1.82) is 0 Å². The van der Waals surface area contributed by atoms with Crippen molar-refractivity contribution in [2.75, 3.05) is 6.54 Å². The van der Waals surface area contributed by atoms with Gasteiger partial charge in [-0.05, 0) is 18.2 Å². The van der Waals surface area contributed by atoms with Gasteiger partial charge in [-0.3, -0.25) is 14.9 Å². The van der Waals surface area contributed by atoms with Gasteiger partial charge >= 0.3 is 11.9 Å². The lowest BCUT2D eigenvalue weighted by molar-refractivity contribution is -0.140. The Morgan fingerprint density at radius 3 is 2.53 bits per heavy atom. The summed E-state index contributed by atoms with van der Waals surface area (Å²) in [6.07, 6.45) is 0. The van der Waals surface area contributed by atoms with Gasteiger partial charge in [-0.15, -0.1) is 0 Å². The standard InChI is InChI=1S/C10H10ClNO5/c11-5-1-2-7(13)6(3-5)9(10(16)17)12-4-8(14)15/h1-3,9,12-13H,4H2,(H,14,15)(H,16,17). The van der Waals surface area contributed by atoms with E-state index in [2.05, 4.69) is 5.32 Å². The van der Waals surface area contributed by atoms with Crippen molar-refractivity contribution in [3.8, 4) is 5.75 Å². The molecule has 0 fully saturated rings. The number of carbonyl (C=O) groups is 2. The number of carboxylic acid groups (broad SMARTS) is 2. The molecule has 17 heavy (non-hydrogen) atoms. The molecule has 0 aliphatic carbocycles. The maximum Gasteiger partial charge on any atom is 0.325 e. The summed E-state index contributed by atoms with van der Waals surface area (Å²) in [5, 5.41) is 29.5. The van der Waals surface area contributed by atoms with Gasteiger partial charge in [-0.1, -0.05) is 11.6 Å². The topological polar surface area (TPSA) is 107 Å². The van der Waals surface area contributed by atoms with Crippen molar-refractivity contribution < 1.29 is 24.9 Å². The van der Waals surface area contributed by atoms with Gasteiger partial charge in [0, 0.05) is 10.6 Å². The number of nitrogens with one attached hydrogen (secondary N) is 1. The van der Waals surface area contributed by atoms with E-state index in [0.29, 0.717) is 0 Å². The average molecular weight is 260 g/mol. The Bertz CT molecular complexity index is 448. The van der Waals surface area contributed by atoms with Crippen LogP contribution in [0.1, 0.15) is 11.6 Å². The molecule has 1 atom stereocenters. The molecule has 0 saturated carbocycles. The minimum Gasteiger partial charge on any atom is -0.508 e. The van der Waals surface area contributed by atoms with Crippen molar-refractivity contribution in [3.05, 3.63) is 28.8 Å². The molecule has 1 unspecified atom stereocenters. The highest BCUT2D eigenvalue weighted by molar-refractivity contribution is 6.30. The van der Waals surface area contributed by atoms with Crippen molar-refractivity contribution in [2.24, 2.45) is 0 Å². The van der Waals surface area contributed by atoms with Crippen LogP contribution in [0.5, 0.6) is 5.75 Å². The number of rotatable bonds is 5. The summed E-state index contributed by atoms with van der Waals surface area (Å²) in [5.74, 6) is -2.76. The highest BCUT2D eigenvalue weighted by atomic mass is 35.5. The van der Waals surface area contributed by atoms with E-state index in [4.69, 9.17) is 21.8 Å². The predicted octanol–water partition coefficient (Wildman–Crippen LogP) is 0.845. The van der Waals surface area contributed by atoms with Crippen LogP contribution >= 0.6 is 11.6 Å². The zero-order valence-corrected chi connectivity index (χ0v) is 9.31. The highest BCUT2D eigenvalue weighted by Crippen LogP contribution is 2.27. The quantitative estimate of drug-likeness (QED) is 0.624. The van der Waals surface area contributed by atoms with Crippen molar-refractivity contribution >= 4 is 23.5 Å². The number of carboxylic acids is 2. The van der Waals surface area contributed by atoms with Crippen LogP contribution in [0.4, 0.5) is 0 Å². The summed E-state index contributed by atoms with van der Waals surface area (Å²) in [7, 11) is 0. The van der Waals surface area contributed by atoms with Gasteiger partial charge in [0.05, 0.1) is 6.54 Å². The summed E-state index contributed by atoms with van der Waals surface area (Å²) in [4.78, 5) is 21.3. The van der Waals surface area contributed by atoms with E-state index in [1.807, 2.05) is 0 Å². The minimum atomic E-state index is -1.33. The third-order valence-corrected chi connectivity index (χ3v) is 2.24. The summed E-state index contributed by atoms with van der Waals surface area (Å²) in [6.45, 7) is -0.539.